The molecule has 0 heterocycles. The van der Waals surface area contributed by atoms with Crippen LogP contribution in [0.15, 0.2) is 40.9 Å². The number of benzene rings is 2. The van der Waals surface area contributed by atoms with E-state index in [2.05, 4.69) is 15.9 Å². The van der Waals surface area contributed by atoms with Gasteiger partial charge in [0.1, 0.15) is 17.6 Å². The van der Waals surface area contributed by atoms with Crippen molar-refractivity contribution in [3.8, 4) is 17.6 Å². The molecule has 0 fully saturated rings. The summed E-state index contributed by atoms with van der Waals surface area (Å²) < 4.78 is 19.1. The van der Waals surface area contributed by atoms with E-state index in [-0.39, 0.29) is 17.1 Å². The minimum Gasteiger partial charge on any atom is -0.449 e. The lowest BCUT2D eigenvalue weighted by atomic mass is 10.2. The molecule has 2 rings (SSSR count). The number of ether oxygens (including phenoxy) is 1. The number of hydrogen-bond donors (Lipinski definition) is 0. The van der Waals surface area contributed by atoms with E-state index in [0.717, 1.165) is 18.2 Å². The average molecular weight is 337 g/mol. The quantitative estimate of drug-likeness (QED) is 0.622. The van der Waals surface area contributed by atoms with Crippen molar-refractivity contribution in [3.63, 3.8) is 0 Å². The largest absolute Gasteiger partial charge is 0.449 e. The number of nitriles is 1. The molecule has 0 radical (unpaired) electrons. The van der Waals surface area contributed by atoms with E-state index in [0.29, 0.717) is 4.47 Å². The highest BCUT2D eigenvalue weighted by atomic mass is 79.9. The molecule has 0 spiro atoms. The minimum absolute atomic E-state index is 0.129. The van der Waals surface area contributed by atoms with Crippen LogP contribution >= 0.6 is 15.9 Å². The highest BCUT2D eigenvalue weighted by Crippen LogP contribution is 2.34. The molecule has 0 aliphatic carbocycles. The summed E-state index contributed by atoms with van der Waals surface area (Å²) in [7, 11) is 0. The van der Waals surface area contributed by atoms with Crippen LogP contribution in [0.4, 0.5) is 10.1 Å². The van der Waals surface area contributed by atoms with Crippen LogP contribution in [0.1, 0.15) is 5.56 Å². The Bertz CT molecular complexity index is 728. The van der Waals surface area contributed by atoms with Gasteiger partial charge in [0.15, 0.2) is 0 Å². The zero-order valence-electron chi connectivity index (χ0n) is 9.84. The molecule has 0 atom stereocenters. The lowest BCUT2D eigenvalue weighted by molar-refractivity contribution is -0.385. The molecule has 0 N–H and O–H groups in total. The van der Waals surface area contributed by atoms with Crippen LogP contribution in [-0.2, 0) is 0 Å². The van der Waals surface area contributed by atoms with Crippen LogP contribution < -0.4 is 4.74 Å². The molecule has 100 valence electrons. The van der Waals surface area contributed by atoms with Crippen LogP contribution in [0, 0.1) is 27.3 Å². The molecule has 20 heavy (non-hydrogen) atoms. The Morgan fingerprint density at radius 2 is 1.95 bits per heavy atom. The summed E-state index contributed by atoms with van der Waals surface area (Å²) in [5, 5.41) is 19.9. The maximum absolute atomic E-state index is 13.0. The molecule has 0 aliphatic rings. The Morgan fingerprint density at radius 3 is 2.60 bits per heavy atom. The number of halogens is 2. The summed E-state index contributed by atoms with van der Waals surface area (Å²) in [6, 6.07) is 9.53. The standard InChI is InChI=1S/C13H6BrFN2O3/c14-9-1-3-12(8(5-9)7-16)20-13-4-2-10(15)6-11(13)17(18)19/h1-6H. The summed E-state index contributed by atoms with van der Waals surface area (Å²) in [5.74, 6) is -0.707. The fourth-order valence-corrected chi connectivity index (χ4v) is 1.88. The third kappa shape index (κ3) is 2.92. The number of nitro benzene ring substituents is 1. The third-order valence-corrected chi connectivity index (χ3v) is 2.89. The second kappa shape index (κ2) is 5.67. The van der Waals surface area contributed by atoms with Crippen molar-refractivity contribution in [3.05, 3.63) is 62.4 Å². The molecule has 2 aromatic rings. The van der Waals surface area contributed by atoms with Crippen LogP contribution in [-0.4, -0.2) is 4.92 Å². The monoisotopic (exact) mass is 336 g/mol. The van der Waals surface area contributed by atoms with Gasteiger partial charge in [0.25, 0.3) is 0 Å². The molecule has 5 nitrogen and oxygen atoms in total. The molecule has 0 bridgehead atoms. The summed E-state index contributed by atoms with van der Waals surface area (Å²) in [4.78, 5) is 10.1. The number of nitro groups is 1. The topological polar surface area (TPSA) is 76.2 Å². The Balaban J connectivity index is 2.45. The van der Waals surface area contributed by atoms with E-state index in [4.69, 9.17) is 10.00 Å². The van der Waals surface area contributed by atoms with E-state index in [1.807, 2.05) is 6.07 Å². The summed E-state index contributed by atoms with van der Waals surface area (Å²) >= 11 is 3.21. The normalized spacial score (nSPS) is 9.85. The van der Waals surface area contributed by atoms with Gasteiger partial charge < -0.3 is 4.74 Å². The number of nitrogens with zero attached hydrogens (tertiary/aromatic N) is 2. The van der Waals surface area contributed by atoms with Gasteiger partial charge in [0.05, 0.1) is 16.6 Å². The first kappa shape index (κ1) is 14.0. The van der Waals surface area contributed by atoms with Gasteiger partial charge in [-0.15, -0.1) is 0 Å². The van der Waals surface area contributed by atoms with Crippen molar-refractivity contribution in [2.45, 2.75) is 0 Å². The van der Waals surface area contributed by atoms with E-state index in [1.165, 1.54) is 12.1 Å². The molecular weight excluding hydrogens is 331 g/mol. The Kier molecular flexibility index (Phi) is 3.96. The van der Waals surface area contributed by atoms with Gasteiger partial charge in [-0.3, -0.25) is 10.1 Å². The molecule has 0 saturated carbocycles. The fraction of sp³-hybridized carbons (Fsp3) is 0. The van der Waals surface area contributed by atoms with Gasteiger partial charge in [-0.1, -0.05) is 15.9 Å². The van der Waals surface area contributed by atoms with Crippen LogP contribution in [0.25, 0.3) is 0 Å². The SMILES string of the molecule is N#Cc1cc(Br)ccc1Oc1ccc(F)cc1[N+](=O)[O-]. The molecule has 0 amide bonds. The number of hydrogen-bond acceptors (Lipinski definition) is 4. The maximum atomic E-state index is 13.0. The van der Waals surface area contributed by atoms with Crippen molar-refractivity contribution in [2.75, 3.05) is 0 Å². The Morgan fingerprint density at radius 1 is 1.25 bits per heavy atom. The van der Waals surface area contributed by atoms with Gasteiger partial charge in [0, 0.05) is 4.47 Å². The highest BCUT2D eigenvalue weighted by molar-refractivity contribution is 9.10. The second-order valence-electron chi connectivity index (χ2n) is 3.72. The molecule has 7 heteroatoms. The lowest BCUT2D eigenvalue weighted by Gasteiger charge is -2.08. The van der Waals surface area contributed by atoms with Crippen molar-refractivity contribution in [1.29, 1.82) is 5.26 Å². The second-order valence-corrected chi connectivity index (χ2v) is 4.64. The average Bonchev–Trinajstić information content (AvgIpc) is 2.42. The van der Waals surface area contributed by atoms with Crippen molar-refractivity contribution >= 4 is 21.6 Å². The van der Waals surface area contributed by atoms with Crippen LogP contribution in [0.2, 0.25) is 0 Å². The third-order valence-electron chi connectivity index (χ3n) is 2.40. The molecule has 0 aromatic heterocycles. The highest BCUT2D eigenvalue weighted by Gasteiger charge is 2.18. The van der Waals surface area contributed by atoms with Crippen LogP contribution in [0.3, 0.4) is 0 Å². The van der Waals surface area contributed by atoms with E-state index < -0.39 is 16.4 Å². The van der Waals surface area contributed by atoms with Crippen LogP contribution in [0.5, 0.6) is 11.5 Å². The first-order valence-corrected chi connectivity index (χ1v) is 6.12. The van der Waals surface area contributed by atoms with Crippen molar-refractivity contribution in [1.82, 2.24) is 0 Å². The zero-order valence-corrected chi connectivity index (χ0v) is 11.4. The van der Waals surface area contributed by atoms with Gasteiger partial charge in [-0.2, -0.15) is 5.26 Å². The molecule has 0 aliphatic heterocycles. The molecular formula is C13H6BrFN2O3. The Hall–Kier alpha value is -2.46. The summed E-state index contributed by atoms with van der Waals surface area (Å²) in [6.45, 7) is 0. The Labute approximate surface area is 121 Å². The fourth-order valence-electron chi connectivity index (χ4n) is 1.52. The van der Waals surface area contributed by atoms with Gasteiger partial charge >= 0.3 is 5.69 Å². The first-order valence-electron chi connectivity index (χ1n) is 5.32. The molecule has 0 unspecified atom stereocenters. The maximum Gasteiger partial charge on any atom is 0.314 e. The minimum atomic E-state index is -0.747. The van der Waals surface area contributed by atoms with Crippen molar-refractivity contribution in [2.24, 2.45) is 0 Å². The summed E-state index contributed by atoms with van der Waals surface area (Å²) in [6.07, 6.45) is 0. The molecule has 2 aromatic carbocycles. The van der Waals surface area contributed by atoms with E-state index in [1.54, 1.807) is 6.07 Å². The van der Waals surface area contributed by atoms with Gasteiger partial charge in [0.2, 0.25) is 5.75 Å². The van der Waals surface area contributed by atoms with Gasteiger partial charge in [-0.25, -0.2) is 4.39 Å². The molecule has 0 saturated heterocycles. The van der Waals surface area contributed by atoms with E-state index in [9.17, 15) is 14.5 Å². The number of rotatable bonds is 3. The summed E-state index contributed by atoms with van der Waals surface area (Å²) in [5.41, 5.74) is -0.296. The van der Waals surface area contributed by atoms with Gasteiger partial charge in [-0.05, 0) is 30.3 Å². The smallest absolute Gasteiger partial charge is 0.314 e. The van der Waals surface area contributed by atoms with E-state index >= 15 is 0 Å². The predicted molar refractivity (Wildman–Crippen MR) is 72.0 cm³/mol. The first-order chi connectivity index (χ1) is 9.51. The zero-order chi connectivity index (χ0) is 14.7. The predicted octanol–water partition coefficient (Wildman–Crippen LogP) is 4.16. The lowest BCUT2D eigenvalue weighted by Crippen LogP contribution is -1.95. The van der Waals surface area contributed by atoms with Crippen molar-refractivity contribution < 1.29 is 14.1 Å².